The fourth-order valence-corrected chi connectivity index (χ4v) is 4.29. The summed E-state index contributed by atoms with van der Waals surface area (Å²) in [6.45, 7) is 5.84. The SMILES string of the molecule is CN=C(NCc1ccnc(OC2CCC(C)CC2)c1)NC1CCCn2nc(C)nc21.I. The van der Waals surface area contributed by atoms with Crippen molar-refractivity contribution in [3.63, 3.8) is 0 Å². The molecule has 31 heavy (non-hydrogen) atoms. The van der Waals surface area contributed by atoms with E-state index in [1.165, 1.54) is 12.8 Å². The van der Waals surface area contributed by atoms with Crippen LogP contribution in [0.1, 0.15) is 68.7 Å². The van der Waals surface area contributed by atoms with Crippen molar-refractivity contribution in [2.24, 2.45) is 10.9 Å². The van der Waals surface area contributed by atoms with Crippen molar-refractivity contribution >= 4 is 29.9 Å². The number of hydrogen-bond acceptors (Lipinski definition) is 5. The van der Waals surface area contributed by atoms with E-state index in [0.29, 0.717) is 18.5 Å². The van der Waals surface area contributed by atoms with E-state index in [0.717, 1.165) is 61.3 Å². The monoisotopic (exact) mass is 539 g/mol. The number of ether oxygens (including phenoxy) is 1. The zero-order valence-corrected chi connectivity index (χ0v) is 21.0. The first-order valence-electron chi connectivity index (χ1n) is 11.1. The van der Waals surface area contributed by atoms with Crippen LogP contribution in [0, 0.1) is 12.8 Å². The van der Waals surface area contributed by atoms with Crippen LogP contribution in [0.4, 0.5) is 0 Å². The molecule has 3 heterocycles. The summed E-state index contributed by atoms with van der Waals surface area (Å²) in [5.41, 5.74) is 1.12. The normalized spacial score (nSPS) is 23.5. The summed E-state index contributed by atoms with van der Waals surface area (Å²) >= 11 is 0. The number of hydrogen-bond donors (Lipinski definition) is 2. The Morgan fingerprint density at radius 1 is 1.26 bits per heavy atom. The van der Waals surface area contributed by atoms with Gasteiger partial charge in [0.25, 0.3) is 0 Å². The fraction of sp³-hybridized carbons (Fsp3) is 0.636. The number of nitrogens with zero attached hydrogens (tertiary/aromatic N) is 5. The molecule has 1 unspecified atom stereocenters. The van der Waals surface area contributed by atoms with E-state index in [2.05, 4.69) is 37.6 Å². The maximum atomic E-state index is 6.14. The van der Waals surface area contributed by atoms with E-state index >= 15 is 0 Å². The van der Waals surface area contributed by atoms with Gasteiger partial charge < -0.3 is 15.4 Å². The first kappa shape index (κ1) is 23.7. The molecule has 0 radical (unpaired) electrons. The summed E-state index contributed by atoms with van der Waals surface area (Å²) in [6.07, 6.45) is 8.92. The molecule has 170 valence electrons. The highest BCUT2D eigenvalue weighted by Gasteiger charge is 2.24. The van der Waals surface area contributed by atoms with Crippen LogP contribution < -0.4 is 15.4 Å². The molecule has 0 saturated heterocycles. The van der Waals surface area contributed by atoms with Crippen LogP contribution in [0.5, 0.6) is 5.88 Å². The number of nitrogens with one attached hydrogen (secondary N) is 2. The third-order valence-corrected chi connectivity index (χ3v) is 6.02. The lowest BCUT2D eigenvalue weighted by atomic mass is 9.89. The van der Waals surface area contributed by atoms with Gasteiger partial charge >= 0.3 is 0 Å². The molecule has 9 heteroatoms. The molecule has 0 bridgehead atoms. The van der Waals surface area contributed by atoms with Crippen LogP contribution in [0.25, 0.3) is 0 Å². The van der Waals surface area contributed by atoms with Crippen LogP contribution in [0.2, 0.25) is 0 Å². The Bertz CT molecular complexity index is 876. The number of pyridine rings is 1. The standard InChI is InChI=1S/C22H33N7O.HI/c1-15-6-8-18(9-7-15)30-20-13-17(10-11-24-20)14-25-22(23-3)27-19-5-4-12-29-21(19)26-16(2)28-29;/h10-11,13,15,18-19H,4-9,12,14H2,1-3H3,(H2,23,25,27);1H. The average Bonchev–Trinajstić information content (AvgIpc) is 3.14. The molecular weight excluding hydrogens is 505 g/mol. The third-order valence-electron chi connectivity index (χ3n) is 6.02. The number of halogens is 1. The smallest absolute Gasteiger partial charge is 0.213 e. The summed E-state index contributed by atoms with van der Waals surface area (Å²) in [6, 6.07) is 4.16. The van der Waals surface area contributed by atoms with Crippen molar-refractivity contribution in [1.29, 1.82) is 0 Å². The van der Waals surface area contributed by atoms with Crippen LogP contribution in [-0.2, 0) is 13.1 Å². The molecule has 0 aromatic carbocycles. The number of aryl methyl sites for hydroxylation is 2. The van der Waals surface area contributed by atoms with Gasteiger partial charge in [0.1, 0.15) is 17.8 Å². The van der Waals surface area contributed by atoms with Crippen LogP contribution in [-0.4, -0.2) is 38.9 Å². The Morgan fingerprint density at radius 2 is 2.06 bits per heavy atom. The lowest BCUT2D eigenvalue weighted by molar-refractivity contribution is 0.130. The molecule has 1 aliphatic carbocycles. The largest absolute Gasteiger partial charge is 0.474 e. The highest BCUT2D eigenvalue weighted by atomic mass is 127. The lowest BCUT2D eigenvalue weighted by Crippen LogP contribution is -2.41. The Balaban J connectivity index is 0.00000272. The maximum absolute atomic E-state index is 6.14. The van der Waals surface area contributed by atoms with Gasteiger partial charge in [-0.1, -0.05) is 6.92 Å². The number of fused-ring (bicyclic) bond motifs is 1. The molecule has 2 N–H and O–H groups in total. The molecule has 2 aromatic heterocycles. The Labute approximate surface area is 201 Å². The predicted molar refractivity (Wildman–Crippen MR) is 132 cm³/mol. The molecule has 1 aliphatic heterocycles. The Hall–Kier alpha value is -1.91. The summed E-state index contributed by atoms with van der Waals surface area (Å²) in [5, 5.41) is 11.4. The molecule has 2 aliphatic rings. The van der Waals surface area contributed by atoms with Crippen molar-refractivity contribution in [1.82, 2.24) is 30.4 Å². The Kier molecular flexibility index (Phi) is 8.50. The van der Waals surface area contributed by atoms with E-state index in [9.17, 15) is 0 Å². The number of aromatic nitrogens is 4. The van der Waals surface area contributed by atoms with Gasteiger partial charge in [0.05, 0.1) is 6.04 Å². The molecule has 1 atom stereocenters. The Morgan fingerprint density at radius 3 is 2.84 bits per heavy atom. The second kappa shape index (κ2) is 11.1. The van der Waals surface area contributed by atoms with Gasteiger partial charge in [-0.3, -0.25) is 4.99 Å². The molecule has 1 fully saturated rings. The maximum Gasteiger partial charge on any atom is 0.213 e. The fourth-order valence-electron chi connectivity index (χ4n) is 4.29. The molecule has 0 spiro atoms. The van der Waals surface area contributed by atoms with E-state index in [1.807, 2.05) is 29.9 Å². The van der Waals surface area contributed by atoms with Crippen LogP contribution in [0.3, 0.4) is 0 Å². The minimum Gasteiger partial charge on any atom is -0.474 e. The van der Waals surface area contributed by atoms with Crippen molar-refractivity contribution in [2.45, 2.75) is 77.6 Å². The van der Waals surface area contributed by atoms with E-state index < -0.39 is 0 Å². The van der Waals surface area contributed by atoms with Crippen LogP contribution >= 0.6 is 24.0 Å². The van der Waals surface area contributed by atoms with Crippen molar-refractivity contribution in [2.75, 3.05) is 7.05 Å². The van der Waals surface area contributed by atoms with Crippen molar-refractivity contribution < 1.29 is 4.74 Å². The first-order valence-corrected chi connectivity index (χ1v) is 11.1. The third kappa shape index (κ3) is 6.30. The minimum atomic E-state index is 0. The molecule has 2 aromatic rings. The second-order valence-electron chi connectivity index (χ2n) is 8.51. The molecule has 4 rings (SSSR count). The van der Waals surface area contributed by atoms with Gasteiger partial charge in [-0.25, -0.2) is 14.6 Å². The summed E-state index contributed by atoms with van der Waals surface area (Å²) in [4.78, 5) is 13.4. The lowest BCUT2D eigenvalue weighted by Gasteiger charge is -2.26. The van der Waals surface area contributed by atoms with Gasteiger partial charge in [-0.2, -0.15) is 5.10 Å². The number of aliphatic imine (C=N–C) groups is 1. The number of rotatable bonds is 5. The van der Waals surface area contributed by atoms with Crippen molar-refractivity contribution in [3.8, 4) is 5.88 Å². The summed E-state index contributed by atoms with van der Waals surface area (Å²) in [7, 11) is 1.79. The van der Waals surface area contributed by atoms with Gasteiger partial charge in [-0.05, 0) is 63.0 Å². The van der Waals surface area contributed by atoms with E-state index in [1.54, 1.807) is 7.05 Å². The van der Waals surface area contributed by atoms with E-state index in [-0.39, 0.29) is 30.0 Å². The minimum absolute atomic E-state index is 0. The molecular formula is C22H34IN7O. The van der Waals surface area contributed by atoms with Gasteiger partial charge in [0, 0.05) is 32.4 Å². The van der Waals surface area contributed by atoms with Gasteiger partial charge in [-0.15, -0.1) is 24.0 Å². The molecule has 1 saturated carbocycles. The van der Waals surface area contributed by atoms with Gasteiger partial charge in [0.15, 0.2) is 5.96 Å². The summed E-state index contributed by atoms with van der Waals surface area (Å²) < 4.78 is 8.14. The van der Waals surface area contributed by atoms with Crippen molar-refractivity contribution in [3.05, 3.63) is 35.5 Å². The van der Waals surface area contributed by atoms with E-state index in [4.69, 9.17) is 4.74 Å². The highest BCUT2D eigenvalue weighted by molar-refractivity contribution is 14.0. The second-order valence-corrected chi connectivity index (χ2v) is 8.51. The zero-order chi connectivity index (χ0) is 20.9. The van der Waals surface area contributed by atoms with Gasteiger partial charge in [0.2, 0.25) is 5.88 Å². The average molecular weight is 539 g/mol. The zero-order valence-electron chi connectivity index (χ0n) is 18.7. The number of guanidine groups is 1. The van der Waals surface area contributed by atoms with Crippen LogP contribution in [0.15, 0.2) is 23.3 Å². The predicted octanol–water partition coefficient (Wildman–Crippen LogP) is 3.76. The highest BCUT2D eigenvalue weighted by Crippen LogP contribution is 2.27. The molecule has 0 amide bonds. The first-order chi connectivity index (χ1) is 14.6. The molecule has 8 nitrogen and oxygen atoms in total. The quantitative estimate of drug-likeness (QED) is 0.342. The topological polar surface area (TPSA) is 89.3 Å². The summed E-state index contributed by atoms with van der Waals surface area (Å²) in [5.74, 6) is 4.10.